The first-order valence-corrected chi connectivity index (χ1v) is 6.09. The van der Waals surface area contributed by atoms with E-state index in [-0.39, 0.29) is 0 Å². The number of hydrogen-bond donors (Lipinski definition) is 1. The zero-order chi connectivity index (χ0) is 10.7. The van der Waals surface area contributed by atoms with Crippen LogP contribution in [-0.2, 0) is 0 Å². The van der Waals surface area contributed by atoms with Crippen LogP contribution in [0, 0.1) is 12.8 Å². The molecule has 1 aliphatic rings. The Balaban J connectivity index is 2.02. The van der Waals surface area contributed by atoms with Crippen LogP contribution in [0.5, 0.6) is 0 Å². The molecular formula is C12H17ClN2. The molecule has 0 bridgehead atoms. The highest BCUT2D eigenvalue weighted by atomic mass is 35.5. The molecule has 15 heavy (non-hydrogen) atoms. The average molecular weight is 225 g/mol. The quantitative estimate of drug-likeness (QED) is 0.798. The Kier molecular flexibility index (Phi) is 3.47. The minimum atomic E-state index is 0.511. The van der Waals surface area contributed by atoms with Crippen LogP contribution in [0.4, 0.5) is 5.82 Å². The second-order valence-electron chi connectivity index (χ2n) is 4.26. The molecule has 1 aromatic heterocycles. The van der Waals surface area contributed by atoms with E-state index < -0.39 is 0 Å². The Morgan fingerprint density at radius 3 is 3.07 bits per heavy atom. The molecule has 0 radical (unpaired) electrons. The van der Waals surface area contributed by atoms with Crippen LogP contribution in [0.3, 0.4) is 0 Å². The predicted octanol–water partition coefficient (Wildman–Crippen LogP) is 3.21. The second kappa shape index (κ2) is 4.84. The molecule has 2 atom stereocenters. The maximum Gasteiger partial charge on any atom is 0.126 e. The van der Waals surface area contributed by atoms with Gasteiger partial charge in [-0.15, -0.1) is 11.6 Å². The summed E-state index contributed by atoms with van der Waals surface area (Å²) in [5, 5.41) is 3.49. The standard InChI is InChI=1S/C12H17ClN2/c1-9-4-2-7-12(14-9)15-11-6-3-5-10(11)8-13/h2,4,7,10-11H,3,5-6,8H2,1H3,(H,14,15). The number of nitrogens with zero attached hydrogens (tertiary/aromatic N) is 1. The van der Waals surface area contributed by atoms with Crippen LogP contribution in [0.1, 0.15) is 25.0 Å². The summed E-state index contributed by atoms with van der Waals surface area (Å²) in [6, 6.07) is 6.59. The number of aromatic nitrogens is 1. The van der Waals surface area contributed by atoms with E-state index in [1.807, 2.05) is 25.1 Å². The van der Waals surface area contributed by atoms with Crippen LogP contribution >= 0.6 is 11.6 Å². The van der Waals surface area contributed by atoms with E-state index in [1.165, 1.54) is 19.3 Å². The molecule has 1 aromatic rings. The number of alkyl halides is 1. The van der Waals surface area contributed by atoms with E-state index in [4.69, 9.17) is 11.6 Å². The highest BCUT2D eigenvalue weighted by molar-refractivity contribution is 6.18. The van der Waals surface area contributed by atoms with Crippen LogP contribution in [0.25, 0.3) is 0 Å². The molecule has 1 N–H and O–H groups in total. The van der Waals surface area contributed by atoms with Crippen LogP contribution in [0.2, 0.25) is 0 Å². The smallest absolute Gasteiger partial charge is 0.126 e. The van der Waals surface area contributed by atoms with Gasteiger partial charge in [-0.2, -0.15) is 0 Å². The summed E-state index contributed by atoms with van der Waals surface area (Å²) in [6.45, 7) is 2.01. The molecule has 2 rings (SSSR count). The summed E-state index contributed by atoms with van der Waals surface area (Å²) in [5.41, 5.74) is 1.06. The van der Waals surface area contributed by atoms with Gasteiger partial charge in [0.15, 0.2) is 0 Å². The average Bonchev–Trinajstić information content (AvgIpc) is 2.65. The van der Waals surface area contributed by atoms with Gasteiger partial charge in [-0.05, 0) is 37.8 Å². The van der Waals surface area contributed by atoms with Gasteiger partial charge in [0.2, 0.25) is 0 Å². The highest BCUT2D eigenvalue weighted by Crippen LogP contribution is 2.28. The van der Waals surface area contributed by atoms with Gasteiger partial charge in [0.05, 0.1) is 0 Å². The zero-order valence-electron chi connectivity index (χ0n) is 9.04. The fourth-order valence-corrected chi connectivity index (χ4v) is 2.59. The number of halogens is 1. The summed E-state index contributed by atoms with van der Waals surface area (Å²) >= 11 is 5.94. The number of nitrogens with one attached hydrogen (secondary N) is 1. The Morgan fingerprint density at radius 2 is 2.33 bits per heavy atom. The van der Waals surface area contributed by atoms with Gasteiger partial charge < -0.3 is 5.32 Å². The molecule has 0 amide bonds. The normalized spacial score (nSPS) is 25.5. The topological polar surface area (TPSA) is 24.9 Å². The van der Waals surface area contributed by atoms with Crippen molar-refractivity contribution in [1.29, 1.82) is 0 Å². The molecule has 2 unspecified atom stereocenters. The van der Waals surface area contributed by atoms with Gasteiger partial charge in [0, 0.05) is 17.6 Å². The summed E-state index contributed by atoms with van der Waals surface area (Å²) in [7, 11) is 0. The molecule has 1 fully saturated rings. The Morgan fingerprint density at radius 1 is 1.47 bits per heavy atom. The van der Waals surface area contributed by atoms with Gasteiger partial charge in [0.25, 0.3) is 0 Å². The van der Waals surface area contributed by atoms with Crippen molar-refractivity contribution in [3.05, 3.63) is 23.9 Å². The lowest BCUT2D eigenvalue weighted by Crippen LogP contribution is -2.25. The molecule has 1 heterocycles. The third kappa shape index (κ3) is 2.63. The summed E-state index contributed by atoms with van der Waals surface area (Å²) < 4.78 is 0. The lowest BCUT2D eigenvalue weighted by molar-refractivity contribution is 0.561. The van der Waals surface area contributed by atoms with Crippen molar-refractivity contribution >= 4 is 17.4 Å². The van der Waals surface area contributed by atoms with Crippen molar-refractivity contribution in [1.82, 2.24) is 4.98 Å². The van der Waals surface area contributed by atoms with Crippen molar-refractivity contribution in [2.75, 3.05) is 11.2 Å². The van der Waals surface area contributed by atoms with Gasteiger partial charge in [-0.1, -0.05) is 12.5 Å². The van der Waals surface area contributed by atoms with E-state index in [1.54, 1.807) is 0 Å². The van der Waals surface area contributed by atoms with Crippen molar-refractivity contribution in [2.45, 2.75) is 32.2 Å². The molecule has 0 aromatic carbocycles. The van der Waals surface area contributed by atoms with Crippen molar-refractivity contribution in [3.63, 3.8) is 0 Å². The van der Waals surface area contributed by atoms with Crippen molar-refractivity contribution < 1.29 is 0 Å². The lowest BCUT2D eigenvalue weighted by Gasteiger charge is -2.19. The number of pyridine rings is 1. The van der Waals surface area contributed by atoms with E-state index >= 15 is 0 Å². The van der Waals surface area contributed by atoms with Crippen LogP contribution < -0.4 is 5.32 Å². The molecule has 1 aliphatic carbocycles. The summed E-state index contributed by atoms with van der Waals surface area (Å²) in [6.07, 6.45) is 3.74. The van der Waals surface area contributed by atoms with Crippen LogP contribution in [-0.4, -0.2) is 16.9 Å². The molecule has 0 spiro atoms. The number of hydrogen-bond acceptors (Lipinski definition) is 2. The minimum absolute atomic E-state index is 0.511. The van der Waals surface area contributed by atoms with Crippen LogP contribution in [0.15, 0.2) is 18.2 Å². The van der Waals surface area contributed by atoms with Gasteiger partial charge in [-0.25, -0.2) is 4.98 Å². The first-order valence-electron chi connectivity index (χ1n) is 5.56. The largest absolute Gasteiger partial charge is 0.367 e. The SMILES string of the molecule is Cc1cccc(NC2CCCC2CCl)n1. The third-order valence-electron chi connectivity index (χ3n) is 3.08. The Labute approximate surface area is 96.1 Å². The van der Waals surface area contributed by atoms with Gasteiger partial charge in [0.1, 0.15) is 5.82 Å². The van der Waals surface area contributed by atoms with E-state index in [0.29, 0.717) is 12.0 Å². The second-order valence-corrected chi connectivity index (χ2v) is 4.57. The molecule has 82 valence electrons. The number of aryl methyl sites for hydroxylation is 1. The molecule has 1 saturated carbocycles. The molecule has 0 saturated heterocycles. The minimum Gasteiger partial charge on any atom is -0.367 e. The van der Waals surface area contributed by atoms with Gasteiger partial charge >= 0.3 is 0 Å². The summed E-state index contributed by atoms with van der Waals surface area (Å²) in [4.78, 5) is 4.45. The zero-order valence-corrected chi connectivity index (χ0v) is 9.80. The molecular weight excluding hydrogens is 208 g/mol. The highest BCUT2D eigenvalue weighted by Gasteiger charge is 2.26. The first-order chi connectivity index (χ1) is 7.29. The number of anilines is 1. The fourth-order valence-electron chi connectivity index (χ4n) is 2.22. The van der Waals surface area contributed by atoms with Crippen molar-refractivity contribution in [2.24, 2.45) is 5.92 Å². The van der Waals surface area contributed by atoms with Gasteiger partial charge in [-0.3, -0.25) is 0 Å². The van der Waals surface area contributed by atoms with E-state index in [2.05, 4.69) is 10.3 Å². The van der Waals surface area contributed by atoms with E-state index in [9.17, 15) is 0 Å². The number of rotatable bonds is 3. The predicted molar refractivity (Wildman–Crippen MR) is 64.4 cm³/mol. The third-order valence-corrected chi connectivity index (χ3v) is 3.48. The maximum absolute atomic E-state index is 5.94. The summed E-state index contributed by atoms with van der Waals surface area (Å²) in [5.74, 6) is 2.34. The molecule has 2 nitrogen and oxygen atoms in total. The monoisotopic (exact) mass is 224 g/mol. The lowest BCUT2D eigenvalue weighted by atomic mass is 10.1. The fraction of sp³-hybridized carbons (Fsp3) is 0.583. The molecule has 0 aliphatic heterocycles. The first kappa shape index (κ1) is 10.7. The Hall–Kier alpha value is -0.760. The molecule has 3 heteroatoms. The Bertz CT molecular complexity index is 327. The maximum atomic E-state index is 5.94. The van der Waals surface area contributed by atoms with E-state index in [0.717, 1.165) is 17.4 Å². The van der Waals surface area contributed by atoms with Crippen molar-refractivity contribution in [3.8, 4) is 0 Å².